The maximum absolute atomic E-state index is 14.1. The number of aryl methyl sites for hydroxylation is 1. The Morgan fingerprint density at radius 1 is 1.10 bits per heavy atom. The van der Waals surface area contributed by atoms with Crippen LogP contribution in [0, 0.1) is 19.7 Å². The summed E-state index contributed by atoms with van der Waals surface area (Å²) < 4.78 is 15.6. The van der Waals surface area contributed by atoms with Gasteiger partial charge in [-0.3, -0.25) is 4.79 Å². The Kier molecular flexibility index (Phi) is 5.46. The lowest BCUT2D eigenvalue weighted by atomic mass is 10.2. The number of benzene rings is 2. The number of halogens is 1. The number of rotatable bonds is 5. The van der Waals surface area contributed by atoms with Crippen LogP contribution >= 0.6 is 11.3 Å². The van der Waals surface area contributed by atoms with E-state index in [0.29, 0.717) is 16.9 Å². The number of thiazole rings is 1. The van der Waals surface area contributed by atoms with E-state index in [1.807, 2.05) is 44.2 Å². The molecule has 152 valence electrons. The normalized spacial score (nSPS) is 12.0. The minimum absolute atomic E-state index is 0.219. The maximum atomic E-state index is 14.1. The Labute approximate surface area is 178 Å². The van der Waals surface area contributed by atoms with E-state index in [-0.39, 0.29) is 11.9 Å². The van der Waals surface area contributed by atoms with E-state index in [2.05, 4.69) is 15.4 Å². The van der Waals surface area contributed by atoms with Crippen LogP contribution in [0.1, 0.15) is 39.6 Å². The summed E-state index contributed by atoms with van der Waals surface area (Å²) in [5.41, 5.74) is 3.25. The van der Waals surface area contributed by atoms with E-state index < -0.39 is 5.82 Å². The Bertz CT molecular complexity index is 1200. The van der Waals surface area contributed by atoms with Crippen molar-refractivity contribution < 1.29 is 9.18 Å². The molecule has 1 amide bonds. The highest BCUT2D eigenvalue weighted by Crippen LogP contribution is 2.31. The monoisotopic (exact) mass is 420 g/mol. The molecule has 30 heavy (non-hydrogen) atoms. The Morgan fingerprint density at radius 2 is 1.80 bits per heavy atom. The molecule has 5 nitrogen and oxygen atoms in total. The first-order valence-electron chi connectivity index (χ1n) is 9.59. The van der Waals surface area contributed by atoms with Gasteiger partial charge in [0.15, 0.2) is 0 Å². The van der Waals surface area contributed by atoms with Gasteiger partial charge in [-0.15, -0.1) is 11.3 Å². The van der Waals surface area contributed by atoms with Gasteiger partial charge in [-0.2, -0.15) is 5.10 Å². The molecular formula is C23H21FN4OS. The van der Waals surface area contributed by atoms with Crippen molar-refractivity contribution in [1.82, 2.24) is 20.1 Å². The van der Waals surface area contributed by atoms with Gasteiger partial charge in [0.25, 0.3) is 5.91 Å². The summed E-state index contributed by atoms with van der Waals surface area (Å²) in [7, 11) is 0. The third-order valence-electron chi connectivity index (χ3n) is 4.93. The molecule has 4 aromatic rings. The molecule has 0 bridgehead atoms. The minimum atomic E-state index is -0.391. The molecule has 2 heterocycles. The molecule has 0 fully saturated rings. The van der Waals surface area contributed by atoms with Crippen LogP contribution in [0.4, 0.5) is 4.39 Å². The van der Waals surface area contributed by atoms with Crippen LogP contribution in [0.25, 0.3) is 16.3 Å². The third-order valence-corrected chi connectivity index (χ3v) is 6.32. The largest absolute Gasteiger partial charge is 0.345 e. The lowest BCUT2D eigenvalue weighted by Gasteiger charge is -2.13. The summed E-state index contributed by atoms with van der Waals surface area (Å²) in [5, 5.41) is 8.16. The number of hydrogen-bond acceptors (Lipinski definition) is 4. The third kappa shape index (κ3) is 3.76. The van der Waals surface area contributed by atoms with Crippen molar-refractivity contribution in [1.29, 1.82) is 0 Å². The van der Waals surface area contributed by atoms with Crippen molar-refractivity contribution >= 4 is 17.2 Å². The fraction of sp³-hybridized carbons (Fsp3) is 0.174. The molecule has 0 aliphatic rings. The average Bonchev–Trinajstić information content (AvgIpc) is 3.32. The van der Waals surface area contributed by atoms with Crippen LogP contribution in [0.5, 0.6) is 0 Å². The SMILES string of the molecule is Cc1nc(-c2ccccc2)sc1C(C)NC(=O)c1cnn(-c2ccccc2F)c1C. The molecule has 4 rings (SSSR count). The second-order valence-electron chi connectivity index (χ2n) is 7.04. The number of nitrogens with one attached hydrogen (secondary N) is 1. The van der Waals surface area contributed by atoms with E-state index in [9.17, 15) is 9.18 Å². The summed E-state index contributed by atoms with van der Waals surface area (Å²) in [4.78, 5) is 18.6. The summed E-state index contributed by atoms with van der Waals surface area (Å²) in [6.07, 6.45) is 1.47. The summed E-state index contributed by atoms with van der Waals surface area (Å²) in [6, 6.07) is 16.1. The topological polar surface area (TPSA) is 59.8 Å². The van der Waals surface area contributed by atoms with Crippen LogP contribution in [0.3, 0.4) is 0 Å². The van der Waals surface area contributed by atoms with E-state index in [1.165, 1.54) is 16.9 Å². The molecule has 7 heteroatoms. The van der Waals surface area contributed by atoms with Crippen LogP contribution < -0.4 is 5.32 Å². The highest BCUT2D eigenvalue weighted by Gasteiger charge is 2.21. The van der Waals surface area contributed by atoms with Crippen molar-refractivity contribution in [3.63, 3.8) is 0 Å². The van der Waals surface area contributed by atoms with Gasteiger partial charge in [0.1, 0.15) is 16.5 Å². The zero-order chi connectivity index (χ0) is 21.3. The molecule has 1 atom stereocenters. The van der Waals surface area contributed by atoms with E-state index >= 15 is 0 Å². The first-order valence-corrected chi connectivity index (χ1v) is 10.4. The van der Waals surface area contributed by atoms with Gasteiger partial charge in [0, 0.05) is 5.56 Å². The number of hydrogen-bond donors (Lipinski definition) is 1. The van der Waals surface area contributed by atoms with Gasteiger partial charge in [0.2, 0.25) is 0 Å². The molecule has 2 aromatic heterocycles. The Hall–Kier alpha value is -3.32. The molecule has 1 unspecified atom stereocenters. The standard InChI is InChI=1S/C23H21FN4OS/c1-14(21-15(2)27-23(30-21)17-9-5-4-6-10-17)26-22(29)18-13-25-28(16(18)3)20-12-8-7-11-19(20)24/h4-14H,1-3H3,(H,26,29). The van der Waals surface area contributed by atoms with Crippen LogP contribution in [-0.2, 0) is 0 Å². The minimum Gasteiger partial charge on any atom is -0.345 e. The molecular weight excluding hydrogens is 399 g/mol. The molecule has 2 aromatic carbocycles. The van der Waals surface area contributed by atoms with E-state index in [1.54, 1.807) is 36.5 Å². The molecule has 0 aliphatic carbocycles. The fourth-order valence-corrected chi connectivity index (χ4v) is 4.43. The van der Waals surface area contributed by atoms with Crippen molar-refractivity contribution in [2.24, 2.45) is 0 Å². The summed E-state index contributed by atoms with van der Waals surface area (Å²) in [5.74, 6) is -0.644. The molecule has 0 saturated heterocycles. The smallest absolute Gasteiger partial charge is 0.255 e. The lowest BCUT2D eigenvalue weighted by molar-refractivity contribution is 0.0939. The first-order chi connectivity index (χ1) is 14.5. The second kappa shape index (κ2) is 8.20. The van der Waals surface area contributed by atoms with Crippen LogP contribution in [0.15, 0.2) is 60.8 Å². The van der Waals surface area contributed by atoms with Gasteiger partial charge >= 0.3 is 0 Å². The Morgan fingerprint density at radius 3 is 2.53 bits per heavy atom. The van der Waals surface area contributed by atoms with E-state index in [4.69, 9.17) is 0 Å². The number of amides is 1. The number of nitrogens with zero attached hydrogens (tertiary/aromatic N) is 3. The van der Waals surface area contributed by atoms with Crippen LogP contribution in [0.2, 0.25) is 0 Å². The average molecular weight is 421 g/mol. The molecule has 0 aliphatic heterocycles. The van der Waals surface area contributed by atoms with Crippen molar-refractivity contribution in [2.75, 3.05) is 0 Å². The number of aromatic nitrogens is 3. The van der Waals surface area contributed by atoms with Gasteiger partial charge in [-0.05, 0) is 32.9 Å². The van der Waals surface area contributed by atoms with Crippen LogP contribution in [-0.4, -0.2) is 20.7 Å². The van der Waals surface area contributed by atoms with Gasteiger partial charge < -0.3 is 5.32 Å². The maximum Gasteiger partial charge on any atom is 0.255 e. The second-order valence-corrected chi connectivity index (χ2v) is 8.07. The highest BCUT2D eigenvalue weighted by molar-refractivity contribution is 7.15. The highest BCUT2D eigenvalue weighted by atomic mass is 32.1. The molecule has 0 saturated carbocycles. The predicted octanol–water partition coefficient (Wildman–Crippen LogP) is 5.24. The number of carbonyl (C=O) groups is 1. The number of para-hydroxylation sites is 1. The van der Waals surface area contributed by atoms with Crippen molar-refractivity contribution in [2.45, 2.75) is 26.8 Å². The lowest BCUT2D eigenvalue weighted by Crippen LogP contribution is -2.27. The molecule has 1 N–H and O–H groups in total. The summed E-state index contributed by atoms with van der Waals surface area (Å²) in [6.45, 7) is 5.64. The Balaban J connectivity index is 1.55. The van der Waals surface area contributed by atoms with Crippen molar-refractivity contribution in [3.8, 4) is 16.3 Å². The predicted molar refractivity (Wildman–Crippen MR) is 116 cm³/mol. The summed E-state index contributed by atoms with van der Waals surface area (Å²) >= 11 is 1.57. The van der Waals surface area contributed by atoms with Crippen molar-refractivity contribution in [3.05, 3.63) is 88.4 Å². The zero-order valence-electron chi connectivity index (χ0n) is 16.9. The zero-order valence-corrected chi connectivity index (χ0v) is 17.7. The fourth-order valence-electron chi connectivity index (χ4n) is 3.35. The molecule has 0 radical (unpaired) electrons. The van der Waals surface area contributed by atoms with E-state index in [0.717, 1.165) is 21.1 Å². The first kappa shape index (κ1) is 20.0. The quantitative estimate of drug-likeness (QED) is 0.480. The van der Waals surface area contributed by atoms with Gasteiger partial charge in [-0.25, -0.2) is 14.1 Å². The number of carbonyl (C=O) groups excluding carboxylic acids is 1. The van der Waals surface area contributed by atoms with Gasteiger partial charge in [-0.1, -0.05) is 42.5 Å². The van der Waals surface area contributed by atoms with Gasteiger partial charge in [0.05, 0.1) is 34.1 Å². The molecule has 0 spiro atoms.